The van der Waals surface area contributed by atoms with Gasteiger partial charge in [0.05, 0.1) is 6.04 Å². The van der Waals surface area contributed by atoms with Crippen LogP contribution < -0.4 is 5.32 Å². The molecule has 2 aromatic rings. The molecule has 18 heavy (non-hydrogen) atoms. The van der Waals surface area contributed by atoms with E-state index in [9.17, 15) is 9.18 Å². The van der Waals surface area contributed by atoms with E-state index >= 15 is 0 Å². The quantitative estimate of drug-likeness (QED) is 0.644. The minimum absolute atomic E-state index is 0.342. The van der Waals surface area contributed by atoms with Crippen LogP contribution in [-0.4, -0.2) is 6.16 Å². The second kappa shape index (κ2) is 5.96. The number of benzene rings is 2. The van der Waals surface area contributed by atoms with Crippen molar-refractivity contribution >= 4 is 6.16 Å². The van der Waals surface area contributed by atoms with Crippen LogP contribution in [0.25, 0.3) is 0 Å². The average Bonchev–Trinajstić information content (AvgIpc) is 2.40. The number of carbonyl (C=O) groups is 1. The topological polar surface area (TPSA) is 29.1 Å². The Bertz CT molecular complexity index is 498. The molecular formula is C15H14FNO. The SMILES string of the molecule is O=C(F)NC(Cc1ccccc1)c1ccccc1. The van der Waals surface area contributed by atoms with Crippen LogP contribution in [0.4, 0.5) is 9.18 Å². The van der Waals surface area contributed by atoms with Crippen molar-refractivity contribution in [3.05, 3.63) is 71.8 Å². The van der Waals surface area contributed by atoms with Gasteiger partial charge in [-0.2, -0.15) is 0 Å². The van der Waals surface area contributed by atoms with E-state index in [-0.39, 0.29) is 6.04 Å². The Morgan fingerprint density at radius 2 is 1.56 bits per heavy atom. The van der Waals surface area contributed by atoms with E-state index in [1.165, 1.54) is 0 Å². The van der Waals surface area contributed by atoms with Crippen molar-refractivity contribution in [3.63, 3.8) is 0 Å². The highest BCUT2D eigenvalue weighted by Gasteiger charge is 2.14. The predicted molar refractivity (Wildman–Crippen MR) is 69.0 cm³/mol. The zero-order valence-electron chi connectivity index (χ0n) is 9.84. The van der Waals surface area contributed by atoms with Crippen LogP contribution >= 0.6 is 0 Å². The molecule has 2 nitrogen and oxygen atoms in total. The number of nitrogens with one attached hydrogen (secondary N) is 1. The molecule has 2 rings (SSSR count). The van der Waals surface area contributed by atoms with Crippen LogP contribution in [-0.2, 0) is 6.42 Å². The molecule has 0 fully saturated rings. The van der Waals surface area contributed by atoms with Gasteiger partial charge in [0.1, 0.15) is 0 Å². The van der Waals surface area contributed by atoms with Gasteiger partial charge < -0.3 is 5.32 Å². The van der Waals surface area contributed by atoms with Crippen molar-refractivity contribution < 1.29 is 9.18 Å². The van der Waals surface area contributed by atoms with Crippen LogP contribution in [0, 0.1) is 0 Å². The monoisotopic (exact) mass is 243 g/mol. The normalized spacial score (nSPS) is 11.8. The Morgan fingerprint density at radius 3 is 2.11 bits per heavy atom. The molecule has 0 aliphatic rings. The van der Waals surface area contributed by atoms with Gasteiger partial charge in [-0.3, -0.25) is 0 Å². The van der Waals surface area contributed by atoms with Gasteiger partial charge in [-0.25, -0.2) is 4.79 Å². The van der Waals surface area contributed by atoms with Crippen LogP contribution in [0.2, 0.25) is 0 Å². The average molecular weight is 243 g/mol. The van der Waals surface area contributed by atoms with Crippen molar-refractivity contribution in [2.75, 3.05) is 0 Å². The summed E-state index contributed by atoms with van der Waals surface area (Å²) < 4.78 is 12.6. The van der Waals surface area contributed by atoms with Gasteiger partial charge in [-0.05, 0) is 17.5 Å². The number of amides is 1. The summed E-state index contributed by atoms with van der Waals surface area (Å²) in [7, 11) is 0. The van der Waals surface area contributed by atoms with Crippen LogP contribution in [0.1, 0.15) is 17.2 Å². The second-order valence-corrected chi connectivity index (χ2v) is 4.07. The summed E-state index contributed by atoms with van der Waals surface area (Å²) in [5.41, 5.74) is 1.95. The second-order valence-electron chi connectivity index (χ2n) is 4.07. The van der Waals surface area contributed by atoms with Crippen LogP contribution in [0.5, 0.6) is 0 Å². The third kappa shape index (κ3) is 3.42. The van der Waals surface area contributed by atoms with Crippen LogP contribution in [0.15, 0.2) is 60.7 Å². The molecule has 0 radical (unpaired) electrons. The summed E-state index contributed by atoms with van der Waals surface area (Å²) in [6, 6.07) is 18.7. The van der Waals surface area contributed by atoms with E-state index in [0.29, 0.717) is 6.42 Å². The third-order valence-corrected chi connectivity index (χ3v) is 2.77. The molecule has 0 aliphatic carbocycles. The highest BCUT2D eigenvalue weighted by Crippen LogP contribution is 2.18. The molecule has 1 N–H and O–H groups in total. The fourth-order valence-electron chi connectivity index (χ4n) is 1.92. The molecule has 2 aromatic carbocycles. The lowest BCUT2D eigenvalue weighted by Gasteiger charge is -2.17. The summed E-state index contributed by atoms with van der Waals surface area (Å²) in [6.45, 7) is 0. The number of hydrogen-bond donors (Lipinski definition) is 1. The third-order valence-electron chi connectivity index (χ3n) is 2.77. The Balaban J connectivity index is 2.18. The Kier molecular flexibility index (Phi) is 4.07. The Hall–Kier alpha value is -2.16. The molecular weight excluding hydrogens is 229 g/mol. The molecule has 1 amide bonds. The fourth-order valence-corrected chi connectivity index (χ4v) is 1.92. The van der Waals surface area contributed by atoms with Gasteiger partial charge in [0.15, 0.2) is 0 Å². The van der Waals surface area contributed by atoms with E-state index < -0.39 is 6.16 Å². The van der Waals surface area contributed by atoms with E-state index in [1.807, 2.05) is 60.7 Å². The maximum Gasteiger partial charge on any atom is 0.397 e. The van der Waals surface area contributed by atoms with E-state index in [1.54, 1.807) is 0 Å². The maximum atomic E-state index is 12.6. The lowest BCUT2D eigenvalue weighted by molar-refractivity contribution is 0.217. The van der Waals surface area contributed by atoms with Gasteiger partial charge >= 0.3 is 6.16 Å². The summed E-state index contributed by atoms with van der Waals surface area (Å²) in [5.74, 6) is 0. The first-order chi connectivity index (χ1) is 8.75. The predicted octanol–water partition coefficient (Wildman–Crippen LogP) is 3.65. The molecule has 1 atom stereocenters. The smallest absolute Gasteiger partial charge is 0.321 e. The first-order valence-electron chi connectivity index (χ1n) is 5.80. The molecule has 0 saturated heterocycles. The molecule has 0 spiro atoms. The van der Waals surface area contributed by atoms with Crippen molar-refractivity contribution in [1.82, 2.24) is 5.32 Å². The van der Waals surface area contributed by atoms with Gasteiger partial charge in [-0.1, -0.05) is 60.7 Å². The maximum absolute atomic E-state index is 12.6. The number of hydrogen-bond acceptors (Lipinski definition) is 1. The zero-order valence-corrected chi connectivity index (χ0v) is 9.84. The minimum Gasteiger partial charge on any atom is -0.321 e. The molecule has 0 aliphatic heterocycles. The summed E-state index contributed by atoms with van der Waals surface area (Å²) >= 11 is 0. The molecule has 0 bridgehead atoms. The zero-order chi connectivity index (χ0) is 12.8. The highest BCUT2D eigenvalue weighted by molar-refractivity contribution is 5.66. The molecule has 0 aromatic heterocycles. The van der Waals surface area contributed by atoms with E-state index in [2.05, 4.69) is 5.32 Å². The molecule has 0 heterocycles. The van der Waals surface area contributed by atoms with Crippen molar-refractivity contribution in [2.24, 2.45) is 0 Å². The largest absolute Gasteiger partial charge is 0.397 e. The van der Waals surface area contributed by atoms with E-state index in [4.69, 9.17) is 0 Å². The lowest BCUT2D eigenvalue weighted by Crippen LogP contribution is -2.25. The Morgan fingerprint density at radius 1 is 1.00 bits per heavy atom. The van der Waals surface area contributed by atoms with Gasteiger partial charge in [0, 0.05) is 0 Å². The van der Waals surface area contributed by atoms with E-state index in [0.717, 1.165) is 11.1 Å². The highest BCUT2D eigenvalue weighted by atomic mass is 19.1. The van der Waals surface area contributed by atoms with Crippen molar-refractivity contribution in [1.29, 1.82) is 0 Å². The fraction of sp³-hybridized carbons (Fsp3) is 0.133. The molecule has 1 unspecified atom stereocenters. The first-order valence-corrected chi connectivity index (χ1v) is 5.80. The number of rotatable bonds is 4. The number of halogens is 1. The van der Waals surface area contributed by atoms with Gasteiger partial charge in [-0.15, -0.1) is 4.39 Å². The van der Waals surface area contributed by atoms with Crippen molar-refractivity contribution in [2.45, 2.75) is 12.5 Å². The molecule has 3 heteroatoms. The summed E-state index contributed by atoms with van der Waals surface area (Å²) in [4.78, 5) is 10.6. The van der Waals surface area contributed by atoms with Gasteiger partial charge in [0.2, 0.25) is 0 Å². The first kappa shape index (κ1) is 12.3. The van der Waals surface area contributed by atoms with Crippen molar-refractivity contribution in [3.8, 4) is 0 Å². The summed E-state index contributed by atoms with van der Waals surface area (Å²) in [6.07, 6.45) is -0.930. The molecule has 92 valence electrons. The Labute approximate surface area is 105 Å². The molecule has 0 saturated carbocycles. The lowest BCUT2D eigenvalue weighted by atomic mass is 9.99. The summed E-state index contributed by atoms with van der Waals surface area (Å²) in [5, 5.41) is 2.34. The number of carbonyl (C=O) groups excluding carboxylic acids is 1. The minimum atomic E-state index is -1.50. The van der Waals surface area contributed by atoms with Crippen LogP contribution in [0.3, 0.4) is 0 Å². The standard InChI is InChI=1S/C15H14FNO/c16-15(18)17-14(13-9-5-2-6-10-13)11-12-7-3-1-4-8-12/h1-10,14H,11H2,(H,17,18). The van der Waals surface area contributed by atoms with Gasteiger partial charge in [0.25, 0.3) is 0 Å².